The number of aryl methyl sites for hydroxylation is 2. The number of nitrogens with zero attached hydrogens (tertiary/aromatic N) is 1. The van der Waals surface area contributed by atoms with Crippen LogP contribution in [-0.4, -0.2) is 12.5 Å². The van der Waals surface area contributed by atoms with Gasteiger partial charge in [-0.25, -0.2) is 0 Å². The van der Waals surface area contributed by atoms with Crippen LogP contribution < -0.4 is 4.90 Å². The van der Waals surface area contributed by atoms with E-state index >= 15 is 0 Å². The van der Waals surface area contributed by atoms with Gasteiger partial charge in [-0.15, -0.1) is 0 Å². The summed E-state index contributed by atoms with van der Waals surface area (Å²) in [5.41, 5.74) is 3.50. The van der Waals surface area contributed by atoms with Crippen LogP contribution in [0.25, 0.3) is 0 Å². The first-order chi connectivity index (χ1) is 7.11. The molecule has 1 amide bonds. The van der Waals surface area contributed by atoms with Gasteiger partial charge in [0.15, 0.2) is 0 Å². The van der Waals surface area contributed by atoms with Crippen molar-refractivity contribution >= 4 is 11.6 Å². The fraction of sp³-hybridized carbons (Fsp3) is 0.462. The second kappa shape index (κ2) is 5.42. The molecule has 0 saturated carbocycles. The SMILES string of the molecule is Cc1cccc(C)c1N1CCC(C)C1=O.[Y]. The molecule has 0 bridgehead atoms. The van der Waals surface area contributed by atoms with Crippen LogP contribution in [0.3, 0.4) is 0 Å². The van der Waals surface area contributed by atoms with Crippen LogP contribution in [0.1, 0.15) is 24.5 Å². The zero-order valence-electron chi connectivity index (χ0n) is 10.2. The van der Waals surface area contributed by atoms with Crippen molar-refractivity contribution in [2.75, 3.05) is 11.4 Å². The Morgan fingerprint density at radius 2 is 1.81 bits per heavy atom. The number of hydrogen-bond acceptors (Lipinski definition) is 1. The summed E-state index contributed by atoms with van der Waals surface area (Å²) in [7, 11) is 0. The van der Waals surface area contributed by atoms with Gasteiger partial charge in [0.1, 0.15) is 0 Å². The van der Waals surface area contributed by atoms with Crippen LogP contribution in [0.5, 0.6) is 0 Å². The molecule has 1 saturated heterocycles. The van der Waals surface area contributed by atoms with Crippen molar-refractivity contribution in [1.29, 1.82) is 0 Å². The molecule has 0 aliphatic carbocycles. The summed E-state index contributed by atoms with van der Waals surface area (Å²) in [5, 5.41) is 0. The zero-order valence-corrected chi connectivity index (χ0v) is 13.0. The van der Waals surface area contributed by atoms with Crippen LogP contribution in [0, 0.1) is 19.8 Å². The standard InChI is InChI=1S/C13H17NO.Y/c1-9-5-4-6-10(2)12(9)14-8-7-11(3)13(14)15;/h4-6,11H,7-8H2,1-3H3;. The number of amides is 1. The molecule has 3 heteroatoms. The van der Waals surface area contributed by atoms with Gasteiger partial charge in [0.05, 0.1) is 0 Å². The number of hydrogen-bond donors (Lipinski definition) is 0. The van der Waals surface area contributed by atoms with Gasteiger partial charge in [-0.2, -0.15) is 0 Å². The monoisotopic (exact) mass is 292 g/mol. The summed E-state index contributed by atoms with van der Waals surface area (Å²) >= 11 is 0. The van der Waals surface area contributed by atoms with E-state index < -0.39 is 0 Å². The van der Waals surface area contributed by atoms with Crippen LogP contribution >= 0.6 is 0 Å². The Kier molecular flexibility index (Phi) is 4.69. The van der Waals surface area contributed by atoms with E-state index in [1.807, 2.05) is 17.9 Å². The van der Waals surface area contributed by atoms with Gasteiger partial charge in [-0.3, -0.25) is 4.79 Å². The molecular weight excluding hydrogens is 275 g/mol. The molecule has 2 rings (SSSR count). The maximum absolute atomic E-state index is 11.9. The fourth-order valence-electron chi connectivity index (χ4n) is 2.28. The molecule has 1 radical (unpaired) electrons. The van der Waals surface area contributed by atoms with Crippen molar-refractivity contribution in [2.45, 2.75) is 27.2 Å². The Balaban J connectivity index is 0.00000128. The third kappa shape index (κ3) is 2.38. The Morgan fingerprint density at radius 3 is 2.25 bits per heavy atom. The molecular formula is C13H17NOY. The molecule has 1 atom stereocenters. The van der Waals surface area contributed by atoms with E-state index in [4.69, 9.17) is 0 Å². The average Bonchev–Trinajstić information content (AvgIpc) is 2.49. The minimum atomic E-state index is 0. The maximum atomic E-state index is 11.9. The smallest absolute Gasteiger partial charge is 0.229 e. The third-order valence-corrected chi connectivity index (χ3v) is 3.18. The van der Waals surface area contributed by atoms with Gasteiger partial charge in [0.2, 0.25) is 5.91 Å². The Labute approximate surface area is 122 Å². The summed E-state index contributed by atoms with van der Waals surface area (Å²) in [4.78, 5) is 13.9. The Morgan fingerprint density at radius 1 is 1.25 bits per heavy atom. The number of benzene rings is 1. The number of rotatable bonds is 1. The topological polar surface area (TPSA) is 20.3 Å². The van der Waals surface area contributed by atoms with E-state index in [1.54, 1.807) is 0 Å². The number of carbonyl (C=O) groups excluding carboxylic acids is 1. The second-order valence-corrected chi connectivity index (χ2v) is 4.42. The van der Waals surface area contributed by atoms with Gasteiger partial charge >= 0.3 is 0 Å². The van der Waals surface area contributed by atoms with Crippen molar-refractivity contribution in [3.8, 4) is 0 Å². The molecule has 0 N–H and O–H groups in total. The molecule has 1 aromatic carbocycles. The minimum absolute atomic E-state index is 0. The summed E-state index contributed by atoms with van der Waals surface area (Å²) in [6, 6.07) is 6.18. The normalized spacial score (nSPS) is 19.8. The molecule has 2 nitrogen and oxygen atoms in total. The molecule has 1 aliphatic rings. The van der Waals surface area contributed by atoms with Crippen LogP contribution in [0.4, 0.5) is 5.69 Å². The van der Waals surface area contributed by atoms with Crippen molar-refractivity contribution in [3.05, 3.63) is 29.3 Å². The molecule has 1 aliphatic heterocycles. The van der Waals surface area contributed by atoms with Crippen LogP contribution in [0.15, 0.2) is 18.2 Å². The van der Waals surface area contributed by atoms with E-state index in [-0.39, 0.29) is 44.5 Å². The van der Waals surface area contributed by atoms with Crippen molar-refractivity contribution in [2.24, 2.45) is 5.92 Å². The molecule has 1 aromatic rings. The average molecular weight is 292 g/mol. The molecule has 0 aromatic heterocycles. The maximum Gasteiger partial charge on any atom is 0.229 e. The Hall–Kier alpha value is -0.206. The second-order valence-electron chi connectivity index (χ2n) is 4.42. The summed E-state index contributed by atoms with van der Waals surface area (Å²) in [5.74, 6) is 0.455. The molecule has 83 valence electrons. The number of anilines is 1. The van der Waals surface area contributed by atoms with E-state index in [0.717, 1.165) is 18.7 Å². The molecule has 16 heavy (non-hydrogen) atoms. The molecule has 1 unspecified atom stereocenters. The van der Waals surface area contributed by atoms with Crippen LogP contribution in [-0.2, 0) is 37.5 Å². The van der Waals surface area contributed by atoms with E-state index in [9.17, 15) is 4.79 Å². The largest absolute Gasteiger partial charge is 0.312 e. The third-order valence-electron chi connectivity index (χ3n) is 3.18. The van der Waals surface area contributed by atoms with E-state index in [1.165, 1.54) is 11.1 Å². The van der Waals surface area contributed by atoms with Gasteiger partial charge in [-0.1, -0.05) is 25.1 Å². The first kappa shape index (κ1) is 13.9. The van der Waals surface area contributed by atoms with E-state index in [0.29, 0.717) is 0 Å². The molecule has 1 heterocycles. The summed E-state index contributed by atoms with van der Waals surface area (Å²) in [6.45, 7) is 7.01. The summed E-state index contributed by atoms with van der Waals surface area (Å²) < 4.78 is 0. The van der Waals surface area contributed by atoms with Crippen molar-refractivity contribution < 1.29 is 37.5 Å². The zero-order chi connectivity index (χ0) is 11.0. The van der Waals surface area contributed by atoms with Gasteiger partial charge < -0.3 is 4.90 Å². The molecule has 0 spiro atoms. The van der Waals surface area contributed by atoms with Crippen LogP contribution in [0.2, 0.25) is 0 Å². The summed E-state index contributed by atoms with van der Waals surface area (Å²) in [6.07, 6.45) is 0.979. The molecule has 1 fully saturated rings. The quantitative estimate of drug-likeness (QED) is 0.779. The fourth-order valence-corrected chi connectivity index (χ4v) is 2.28. The predicted octanol–water partition coefficient (Wildman–Crippen LogP) is 2.67. The first-order valence-corrected chi connectivity index (χ1v) is 5.49. The van der Waals surface area contributed by atoms with E-state index in [2.05, 4.69) is 26.0 Å². The van der Waals surface area contributed by atoms with Gasteiger partial charge in [0, 0.05) is 50.9 Å². The number of carbonyl (C=O) groups is 1. The van der Waals surface area contributed by atoms with Crippen molar-refractivity contribution in [3.63, 3.8) is 0 Å². The number of para-hydroxylation sites is 1. The first-order valence-electron chi connectivity index (χ1n) is 5.49. The predicted molar refractivity (Wildman–Crippen MR) is 62.1 cm³/mol. The van der Waals surface area contributed by atoms with Gasteiger partial charge in [-0.05, 0) is 31.4 Å². The minimum Gasteiger partial charge on any atom is -0.312 e. The Bertz CT molecular complexity index is 383. The van der Waals surface area contributed by atoms with Crippen molar-refractivity contribution in [1.82, 2.24) is 0 Å². The van der Waals surface area contributed by atoms with Gasteiger partial charge in [0.25, 0.3) is 0 Å².